The van der Waals surface area contributed by atoms with Crippen LogP contribution < -0.4 is 0 Å². The van der Waals surface area contributed by atoms with Crippen LogP contribution in [0.4, 0.5) is 0 Å². The van der Waals surface area contributed by atoms with Gasteiger partial charge in [-0.3, -0.25) is 4.98 Å². The van der Waals surface area contributed by atoms with Gasteiger partial charge in [0.05, 0.1) is 12.5 Å². The molecule has 0 aliphatic carbocycles. The summed E-state index contributed by atoms with van der Waals surface area (Å²) < 4.78 is 4.98. The minimum Gasteiger partial charge on any atom is -0.393 e. The minimum atomic E-state index is -0.479. The highest BCUT2D eigenvalue weighted by Crippen LogP contribution is 2.14. The Morgan fingerprint density at radius 2 is 2.40 bits per heavy atom. The third-order valence-corrected chi connectivity index (χ3v) is 1.86. The molecule has 1 N–H and O–H groups in total. The molecule has 2 aromatic heterocycles. The van der Waals surface area contributed by atoms with Gasteiger partial charge in [0, 0.05) is 18.0 Å². The number of hydrogen-bond acceptors (Lipinski definition) is 5. The number of rotatable bonds is 3. The van der Waals surface area contributed by atoms with E-state index in [1.54, 1.807) is 25.4 Å². The van der Waals surface area contributed by atoms with E-state index in [9.17, 15) is 0 Å². The van der Waals surface area contributed by atoms with Crippen molar-refractivity contribution >= 4 is 0 Å². The molecule has 0 aliphatic heterocycles. The van der Waals surface area contributed by atoms with Crippen molar-refractivity contribution in [2.24, 2.45) is 0 Å². The van der Waals surface area contributed by atoms with Crippen LogP contribution in [-0.2, 0) is 6.42 Å². The third kappa shape index (κ3) is 2.38. The molecule has 0 saturated carbocycles. The van der Waals surface area contributed by atoms with Crippen molar-refractivity contribution in [2.45, 2.75) is 19.4 Å². The molecule has 0 spiro atoms. The number of hydrogen-bond donors (Lipinski definition) is 1. The van der Waals surface area contributed by atoms with Gasteiger partial charge in [-0.15, -0.1) is 0 Å². The lowest BCUT2D eigenvalue weighted by Gasteiger charge is -1.95. The van der Waals surface area contributed by atoms with Crippen molar-refractivity contribution in [1.82, 2.24) is 15.1 Å². The summed E-state index contributed by atoms with van der Waals surface area (Å²) in [5.41, 5.74) is 0.804. The van der Waals surface area contributed by atoms with Gasteiger partial charge in [-0.05, 0) is 19.1 Å². The van der Waals surface area contributed by atoms with Crippen molar-refractivity contribution in [2.75, 3.05) is 0 Å². The fourth-order valence-corrected chi connectivity index (χ4v) is 1.20. The number of pyridine rings is 1. The van der Waals surface area contributed by atoms with Crippen LogP contribution in [0.5, 0.6) is 0 Å². The first kappa shape index (κ1) is 9.79. The molecule has 5 nitrogen and oxygen atoms in total. The van der Waals surface area contributed by atoms with E-state index in [2.05, 4.69) is 15.1 Å². The molecule has 78 valence electrons. The Labute approximate surface area is 86.8 Å². The predicted octanol–water partition coefficient (Wildman–Crippen LogP) is 1.05. The van der Waals surface area contributed by atoms with E-state index >= 15 is 0 Å². The lowest BCUT2D eigenvalue weighted by Crippen LogP contribution is -2.04. The zero-order valence-corrected chi connectivity index (χ0v) is 8.29. The van der Waals surface area contributed by atoms with Crippen LogP contribution in [0.3, 0.4) is 0 Å². The van der Waals surface area contributed by atoms with Gasteiger partial charge in [-0.25, -0.2) is 0 Å². The Balaban J connectivity index is 2.21. The summed E-state index contributed by atoms with van der Waals surface area (Å²) in [6.07, 6.45) is 3.23. The molecule has 0 amide bonds. The molecular formula is C10H11N3O2. The molecule has 0 fully saturated rings. The molecule has 1 unspecified atom stereocenters. The number of nitrogens with zero attached hydrogens (tertiary/aromatic N) is 3. The molecule has 0 bridgehead atoms. The summed E-state index contributed by atoms with van der Waals surface area (Å²) in [6, 6.07) is 3.66. The summed E-state index contributed by atoms with van der Waals surface area (Å²) in [5.74, 6) is 0.933. The Hall–Kier alpha value is -1.75. The second kappa shape index (κ2) is 4.18. The van der Waals surface area contributed by atoms with Crippen LogP contribution in [0, 0.1) is 0 Å². The van der Waals surface area contributed by atoms with Crippen molar-refractivity contribution in [3.8, 4) is 11.4 Å². The summed E-state index contributed by atoms with van der Waals surface area (Å²) in [7, 11) is 0. The molecule has 2 rings (SSSR count). The van der Waals surface area contributed by atoms with Crippen molar-refractivity contribution < 1.29 is 9.63 Å². The molecule has 0 radical (unpaired) electrons. The smallest absolute Gasteiger partial charge is 0.229 e. The fourth-order valence-electron chi connectivity index (χ4n) is 1.20. The molecule has 0 aromatic carbocycles. The summed E-state index contributed by atoms with van der Waals surface area (Å²) in [5, 5.41) is 12.9. The maximum Gasteiger partial charge on any atom is 0.229 e. The normalized spacial score (nSPS) is 12.7. The average molecular weight is 205 g/mol. The van der Waals surface area contributed by atoms with Crippen LogP contribution in [0.15, 0.2) is 29.0 Å². The average Bonchev–Trinajstić information content (AvgIpc) is 2.67. The highest BCUT2D eigenvalue weighted by atomic mass is 16.5. The Kier molecular flexibility index (Phi) is 2.73. The summed E-state index contributed by atoms with van der Waals surface area (Å²) in [4.78, 5) is 8.10. The highest BCUT2D eigenvalue weighted by molar-refractivity contribution is 5.51. The van der Waals surface area contributed by atoms with Crippen molar-refractivity contribution in [3.63, 3.8) is 0 Å². The first-order chi connectivity index (χ1) is 7.25. The van der Waals surface area contributed by atoms with Gasteiger partial charge < -0.3 is 9.63 Å². The third-order valence-electron chi connectivity index (χ3n) is 1.86. The number of aliphatic hydroxyl groups is 1. The second-order valence-corrected chi connectivity index (χ2v) is 3.31. The molecule has 1 atom stereocenters. The zero-order chi connectivity index (χ0) is 10.7. The van der Waals surface area contributed by atoms with Gasteiger partial charge in [0.15, 0.2) is 0 Å². The van der Waals surface area contributed by atoms with Crippen LogP contribution >= 0.6 is 0 Å². The standard InChI is InChI=1S/C10H11N3O2/c1-7(14)5-9-12-10(13-15-9)8-3-2-4-11-6-8/h2-4,6-7,14H,5H2,1H3. The van der Waals surface area contributed by atoms with Crippen LogP contribution in [0.25, 0.3) is 11.4 Å². The predicted molar refractivity (Wildman–Crippen MR) is 52.9 cm³/mol. The van der Waals surface area contributed by atoms with Gasteiger partial charge in [-0.2, -0.15) is 4.98 Å². The van der Waals surface area contributed by atoms with E-state index in [4.69, 9.17) is 9.63 Å². The Morgan fingerprint density at radius 3 is 3.07 bits per heavy atom. The molecular weight excluding hydrogens is 194 g/mol. The molecule has 15 heavy (non-hydrogen) atoms. The summed E-state index contributed by atoms with van der Waals surface area (Å²) in [6.45, 7) is 1.67. The van der Waals surface area contributed by atoms with E-state index in [-0.39, 0.29) is 0 Å². The fraction of sp³-hybridized carbons (Fsp3) is 0.300. The highest BCUT2D eigenvalue weighted by Gasteiger charge is 2.10. The number of aromatic nitrogens is 3. The largest absolute Gasteiger partial charge is 0.393 e. The Bertz CT molecular complexity index is 425. The second-order valence-electron chi connectivity index (χ2n) is 3.31. The van der Waals surface area contributed by atoms with E-state index in [1.165, 1.54) is 0 Å². The topological polar surface area (TPSA) is 72.0 Å². The maximum atomic E-state index is 9.15. The van der Waals surface area contributed by atoms with E-state index in [1.807, 2.05) is 6.07 Å². The van der Waals surface area contributed by atoms with Gasteiger partial charge in [0.1, 0.15) is 0 Å². The first-order valence-corrected chi connectivity index (χ1v) is 4.67. The van der Waals surface area contributed by atoms with E-state index < -0.39 is 6.10 Å². The van der Waals surface area contributed by atoms with Crippen LogP contribution in [0.2, 0.25) is 0 Å². The van der Waals surface area contributed by atoms with Crippen molar-refractivity contribution in [3.05, 3.63) is 30.4 Å². The van der Waals surface area contributed by atoms with Gasteiger partial charge in [0.25, 0.3) is 0 Å². The molecule has 2 heterocycles. The lowest BCUT2D eigenvalue weighted by molar-refractivity contribution is 0.181. The quantitative estimate of drug-likeness (QED) is 0.811. The first-order valence-electron chi connectivity index (χ1n) is 4.67. The van der Waals surface area contributed by atoms with Gasteiger partial charge in [0.2, 0.25) is 11.7 Å². The van der Waals surface area contributed by atoms with E-state index in [0.717, 1.165) is 5.56 Å². The van der Waals surface area contributed by atoms with Gasteiger partial charge in [-0.1, -0.05) is 5.16 Å². The SMILES string of the molecule is CC(O)Cc1nc(-c2cccnc2)no1. The summed E-state index contributed by atoms with van der Waals surface area (Å²) >= 11 is 0. The molecule has 5 heteroatoms. The molecule has 0 aliphatic rings. The maximum absolute atomic E-state index is 9.15. The monoisotopic (exact) mass is 205 g/mol. The van der Waals surface area contributed by atoms with Gasteiger partial charge >= 0.3 is 0 Å². The lowest BCUT2D eigenvalue weighted by atomic mass is 10.2. The van der Waals surface area contributed by atoms with Crippen LogP contribution in [-0.4, -0.2) is 26.3 Å². The van der Waals surface area contributed by atoms with Crippen LogP contribution in [0.1, 0.15) is 12.8 Å². The van der Waals surface area contributed by atoms with Crippen molar-refractivity contribution in [1.29, 1.82) is 0 Å². The zero-order valence-electron chi connectivity index (χ0n) is 8.29. The minimum absolute atomic E-state index is 0.368. The number of aliphatic hydroxyl groups excluding tert-OH is 1. The molecule has 0 saturated heterocycles. The van der Waals surface area contributed by atoms with E-state index in [0.29, 0.717) is 18.1 Å². The molecule has 2 aromatic rings. The Morgan fingerprint density at radius 1 is 1.53 bits per heavy atom.